The first-order valence-electron chi connectivity index (χ1n) is 11.6. The van der Waals surface area contributed by atoms with Crippen LogP contribution < -0.4 is 9.62 Å². The summed E-state index contributed by atoms with van der Waals surface area (Å²) in [7, 11) is -3.81. The molecule has 1 atom stereocenters. The third kappa shape index (κ3) is 7.57. The molecule has 1 unspecified atom stereocenters. The molecule has 0 heterocycles. The molecule has 0 saturated carbocycles. The van der Waals surface area contributed by atoms with E-state index in [1.54, 1.807) is 24.3 Å². The number of carbonyl (C=O) groups excluding carboxylic acids is 2. The van der Waals surface area contributed by atoms with Crippen LogP contribution in [-0.2, 0) is 32.6 Å². The van der Waals surface area contributed by atoms with Gasteiger partial charge in [0.2, 0.25) is 21.8 Å². The molecule has 0 bridgehead atoms. The highest BCUT2D eigenvalue weighted by Crippen LogP contribution is 2.22. The standard InChI is InChI=1S/C27H30ClN3O4S/c1-3-29-27(33)25(18-21-10-6-4-7-11-21)30(19-22-12-8-5-9-13-22)26(32)20-31(36(2,34)35)24-16-14-23(28)15-17-24/h4-17,25H,3,18-20H2,1-2H3,(H,29,33). The van der Waals surface area contributed by atoms with E-state index in [0.29, 0.717) is 17.3 Å². The zero-order valence-corrected chi connectivity index (χ0v) is 21.9. The molecule has 0 saturated heterocycles. The number of benzene rings is 3. The van der Waals surface area contributed by atoms with Crippen molar-refractivity contribution in [3.63, 3.8) is 0 Å². The summed E-state index contributed by atoms with van der Waals surface area (Å²) in [6.45, 7) is 1.90. The highest BCUT2D eigenvalue weighted by atomic mass is 35.5. The van der Waals surface area contributed by atoms with Crippen LogP contribution in [-0.4, -0.2) is 50.5 Å². The average molecular weight is 528 g/mol. The molecule has 3 aromatic carbocycles. The number of nitrogens with zero attached hydrogens (tertiary/aromatic N) is 2. The summed E-state index contributed by atoms with van der Waals surface area (Å²) in [4.78, 5) is 28.5. The Labute approximate surface area is 217 Å². The summed E-state index contributed by atoms with van der Waals surface area (Å²) in [5.41, 5.74) is 2.02. The van der Waals surface area contributed by atoms with Crippen molar-refractivity contribution in [2.75, 3.05) is 23.7 Å². The Bertz CT molecular complexity index is 1250. The highest BCUT2D eigenvalue weighted by molar-refractivity contribution is 7.92. The van der Waals surface area contributed by atoms with Gasteiger partial charge in [0.25, 0.3) is 0 Å². The van der Waals surface area contributed by atoms with Crippen molar-refractivity contribution in [1.29, 1.82) is 0 Å². The topological polar surface area (TPSA) is 86.8 Å². The number of rotatable bonds is 11. The number of anilines is 1. The van der Waals surface area contributed by atoms with Gasteiger partial charge in [-0.2, -0.15) is 0 Å². The van der Waals surface area contributed by atoms with Crippen LogP contribution in [0.4, 0.5) is 5.69 Å². The smallest absolute Gasteiger partial charge is 0.244 e. The predicted octanol–water partition coefficient (Wildman–Crippen LogP) is 3.88. The van der Waals surface area contributed by atoms with Crippen molar-refractivity contribution in [1.82, 2.24) is 10.2 Å². The fourth-order valence-corrected chi connectivity index (χ4v) is 4.82. The number of hydrogen-bond donors (Lipinski definition) is 1. The third-order valence-corrected chi connectivity index (χ3v) is 7.00. The van der Waals surface area contributed by atoms with E-state index >= 15 is 0 Å². The van der Waals surface area contributed by atoms with Gasteiger partial charge < -0.3 is 10.2 Å². The van der Waals surface area contributed by atoms with Crippen molar-refractivity contribution in [2.24, 2.45) is 0 Å². The maximum atomic E-state index is 13.8. The molecular weight excluding hydrogens is 498 g/mol. The number of hydrogen-bond acceptors (Lipinski definition) is 4. The van der Waals surface area contributed by atoms with Crippen LogP contribution in [0.5, 0.6) is 0 Å². The highest BCUT2D eigenvalue weighted by Gasteiger charge is 2.32. The molecule has 3 aromatic rings. The minimum atomic E-state index is -3.81. The average Bonchev–Trinajstić information content (AvgIpc) is 2.86. The van der Waals surface area contributed by atoms with Gasteiger partial charge in [0.1, 0.15) is 12.6 Å². The van der Waals surface area contributed by atoms with E-state index < -0.39 is 28.5 Å². The maximum absolute atomic E-state index is 13.8. The first kappa shape index (κ1) is 27.2. The summed E-state index contributed by atoms with van der Waals surface area (Å²) < 4.78 is 26.4. The molecular formula is C27H30ClN3O4S. The quantitative estimate of drug-likeness (QED) is 0.410. The minimum Gasteiger partial charge on any atom is -0.355 e. The fraction of sp³-hybridized carbons (Fsp3) is 0.259. The van der Waals surface area contributed by atoms with Crippen molar-refractivity contribution >= 4 is 39.1 Å². The normalized spacial score (nSPS) is 12.0. The van der Waals surface area contributed by atoms with Crippen molar-refractivity contribution in [2.45, 2.75) is 25.9 Å². The van der Waals surface area contributed by atoms with E-state index in [1.165, 1.54) is 4.90 Å². The van der Waals surface area contributed by atoms with Crippen LogP contribution in [0.1, 0.15) is 18.1 Å². The summed E-state index contributed by atoms with van der Waals surface area (Å²) in [5.74, 6) is -0.797. The van der Waals surface area contributed by atoms with E-state index in [-0.39, 0.29) is 18.9 Å². The van der Waals surface area contributed by atoms with Crippen molar-refractivity contribution in [3.05, 3.63) is 101 Å². The zero-order valence-electron chi connectivity index (χ0n) is 20.3. The molecule has 0 aliphatic heterocycles. The number of halogens is 1. The molecule has 1 N–H and O–H groups in total. The maximum Gasteiger partial charge on any atom is 0.244 e. The molecule has 7 nitrogen and oxygen atoms in total. The van der Waals surface area contributed by atoms with Crippen LogP contribution >= 0.6 is 11.6 Å². The lowest BCUT2D eigenvalue weighted by Crippen LogP contribution is -2.53. The van der Waals surface area contributed by atoms with Crippen LogP contribution in [0.15, 0.2) is 84.9 Å². The number of amides is 2. The van der Waals surface area contributed by atoms with Crippen molar-refractivity contribution < 1.29 is 18.0 Å². The summed E-state index contributed by atoms with van der Waals surface area (Å²) >= 11 is 5.97. The molecule has 0 aliphatic carbocycles. The lowest BCUT2D eigenvalue weighted by atomic mass is 10.0. The van der Waals surface area contributed by atoms with Crippen LogP contribution in [0.3, 0.4) is 0 Å². The van der Waals surface area contributed by atoms with Gasteiger partial charge in [0.15, 0.2) is 0 Å². The minimum absolute atomic E-state index is 0.145. The molecule has 0 aromatic heterocycles. The second-order valence-electron chi connectivity index (χ2n) is 8.35. The lowest BCUT2D eigenvalue weighted by Gasteiger charge is -2.33. The third-order valence-electron chi connectivity index (χ3n) is 5.61. The van der Waals surface area contributed by atoms with Gasteiger partial charge in [0, 0.05) is 24.5 Å². The predicted molar refractivity (Wildman–Crippen MR) is 143 cm³/mol. The number of nitrogens with one attached hydrogen (secondary N) is 1. The van der Waals surface area contributed by atoms with Crippen LogP contribution in [0.2, 0.25) is 5.02 Å². The summed E-state index contributed by atoms with van der Waals surface area (Å²) in [6.07, 6.45) is 1.33. The Hall–Kier alpha value is -3.36. The number of sulfonamides is 1. The second kappa shape index (κ2) is 12.6. The van der Waals surface area contributed by atoms with Gasteiger partial charge in [-0.05, 0) is 42.3 Å². The largest absolute Gasteiger partial charge is 0.355 e. The van der Waals surface area contributed by atoms with Gasteiger partial charge in [-0.3, -0.25) is 13.9 Å². The van der Waals surface area contributed by atoms with Gasteiger partial charge >= 0.3 is 0 Å². The molecule has 190 valence electrons. The molecule has 0 aliphatic rings. The fourth-order valence-electron chi connectivity index (χ4n) is 3.85. The Kier molecular flexibility index (Phi) is 9.50. The van der Waals surface area contributed by atoms with E-state index in [9.17, 15) is 18.0 Å². The Morgan fingerprint density at radius 3 is 1.97 bits per heavy atom. The van der Waals surface area contributed by atoms with E-state index in [2.05, 4.69) is 5.32 Å². The Morgan fingerprint density at radius 2 is 1.44 bits per heavy atom. The molecule has 0 radical (unpaired) electrons. The first-order chi connectivity index (χ1) is 17.2. The molecule has 2 amide bonds. The summed E-state index contributed by atoms with van der Waals surface area (Å²) in [5, 5.41) is 3.28. The van der Waals surface area contributed by atoms with Crippen LogP contribution in [0.25, 0.3) is 0 Å². The molecule has 9 heteroatoms. The summed E-state index contributed by atoms with van der Waals surface area (Å²) in [6, 6.07) is 24.1. The van der Waals surface area contributed by atoms with Crippen LogP contribution in [0, 0.1) is 0 Å². The molecule has 36 heavy (non-hydrogen) atoms. The SMILES string of the molecule is CCNC(=O)C(Cc1ccccc1)N(Cc1ccccc1)C(=O)CN(c1ccc(Cl)cc1)S(C)(=O)=O. The first-order valence-corrected chi connectivity index (χ1v) is 13.8. The van der Waals surface area contributed by atoms with E-state index in [1.807, 2.05) is 67.6 Å². The molecule has 0 spiro atoms. The van der Waals surface area contributed by atoms with Gasteiger partial charge in [-0.1, -0.05) is 72.3 Å². The van der Waals surface area contributed by atoms with Gasteiger partial charge in [-0.25, -0.2) is 8.42 Å². The monoisotopic (exact) mass is 527 g/mol. The number of carbonyl (C=O) groups is 2. The molecule has 3 rings (SSSR count). The van der Waals surface area contributed by atoms with Crippen molar-refractivity contribution in [3.8, 4) is 0 Å². The Morgan fingerprint density at radius 1 is 0.889 bits per heavy atom. The van der Waals surface area contributed by atoms with E-state index in [4.69, 9.17) is 11.6 Å². The lowest BCUT2D eigenvalue weighted by molar-refractivity contribution is -0.140. The van der Waals surface area contributed by atoms with Gasteiger partial charge in [0.05, 0.1) is 11.9 Å². The zero-order chi connectivity index (χ0) is 26.1. The number of likely N-dealkylation sites (N-methyl/N-ethyl adjacent to an activating group) is 1. The molecule has 0 fully saturated rings. The van der Waals surface area contributed by atoms with Gasteiger partial charge in [-0.15, -0.1) is 0 Å². The second-order valence-corrected chi connectivity index (χ2v) is 10.7. The van der Waals surface area contributed by atoms with E-state index in [0.717, 1.165) is 21.7 Å². The Balaban J connectivity index is 2.00.